The van der Waals surface area contributed by atoms with Crippen LogP contribution in [0.5, 0.6) is 23.0 Å². The molecule has 2 aliphatic heterocycles. The van der Waals surface area contributed by atoms with E-state index in [4.69, 9.17) is 9.47 Å². The van der Waals surface area contributed by atoms with Crippen LogP contribution in [0.15, 0.2) is 97.1 Å². The van der Waals surface area contributed by atoms with Crippen LogP contribution in [0, 0.1) is 0 Å². The van der Waals surface area contributed by atoms with Crippen molar-refractivity contribution in [1.29, 1.82) is 0 Å². The van der Waals surface area contributed by atoms with E-state index in [1.165, 1.54) is 17.9 Å². The molecule has 4 nitrogen and oxygen atoms in total. The van der Waals surface area contributed by atoms with Crippen molar-refractivity contribution >= 4 is 43.7 Å². The number of hydrogen-bond acceptors (Lipinski definition) is 6. The summed E-state index contributed by atoms with van der Waals surface area (Å²) in [5.74, 6) is 3.15. The number of carbonyl (C=O) groups excluding carboxylic acids is 2. The van der Waals surface area contributed by atoms with Gasteiger partial charge in [-0.2, -0.15) is 0 Å². The first-order valence-electron chi connectivity index (χ1n) is 12.1. The number of carbonyl (C=O) groups is 2. The van der Waals surface area contributed by atoms with Gasteiger partial charge in [0.05, 0.1) is 0 Å². The Morgan fingerprint density at radius 2 is 0.811 bits per heavy atom. The Morgan fingerprint density at radius 3 is 1.08 bits per heavy atom. The number of rotatable bonds is 4. The molecule has 0 amide bonds. The second-order valence-electron chi connectivity index (χ2n) is 9.13. The van der Waals surface area contributed by atoms with E-state index in [0.717, 1.165) is 45.3 Å². The Kier molecular flexibility index (Phi) is 6.59. The number of hydrogen-bond donors (Lipinski definition) is 0. The summed E-state index contributed by atoms with van der Waals surface area (Å²) in [6.07, 6.45) is 0. The van der Waals surface area contributed by atoms with Crippen LogP contribution in [0.2, 0.25) is 0 Å². The molecular weight excluding hydrogens is 607 g/mol. The molecule has 37 heavy (non-hydrogen) atoms. The van der Waals surface area contributed by atoms with Gasteiger partial charge in [-0.05, 0) is 0 Å². The van der Waals surface area contributed by atoms with Gasteiger partial charge in [0.15, 0.2) is 0 Å². The van der Waals surface area contributed by atoms with Gasteiger partial charge >= 0.3 is 227 Å². The third-order valence-electron chi connectivity index (χ3n) is 6.77. The molecule has 2 heterocycles. The van der Waals surface area contributed by atoms with E-state index in [9.17, 15) is 9.59 Å². The van der Waals surface area contributed by atoms with Crippen LogP contribution in [0.25, 0.3) is 0 Å². The summed E-state index contributed by atoms with van der Waals surface area (Å²) in [5, 5.41) is 0.0694. The van der Waals surface area contributed by atoms with Gasteiger partial charge in [-0.1, -0.05) is 0 Å². The van der Waals surface area contributed by atoms with E-state index in [1.54, 1.807) is 13.8 Å². The van der Waals surface area contributed by atoms with Gasteiger partial charge in [0, 0.05) is 0 Å². The van der Waals surface area contributed by atoms with Crippen molar-refractivity contribution in [3.63, 3.8) is 0 Å². The third kappa shape index (κ3) is 4.29. The first-order chi connectivity index (χ1) is 18.0. The minimum absolute atomic E-state index is 0.0347. The van der Waals surface area contributed by atoms with Gasteiger partial charge in [-0.25, -0.2) is 0 Å². The molecule has 0 spiro atoms. The van der Waals surface area contributed by atoms with Crippen molar-refractivity contribution in [1.82, 2.24) is 0 Å². The SMILES string of the molecule is CC(=O)[S][Sn]([S]C(C)=O)([CH]1c2ccccc2Oc2ccccc21)[CH]1c2ccccc2Oc2ccccc21. The van der Waals surface area contributed by atoms with E-state index in [0.29, 0.717) is 0 Å². The van der Waals surface area contributed by atoms with Gasteiger partial charge in [0.2, 0.25) is 0 Å². The van der Waals surface area contributed by atoms with E-state index in [2.05, 4.69) is 24.3 Å². The molecule has 6 rings (SSSR count). The molecule has 0 aliphatic carbocycles. The van der Waals surface area contributed by atoms with E-state index in [-0.39, 0.29) is 18.1 Å². The topological polar surface area (TPSA) is 52.6 Å². The molecule has 0 N–H and O–H groups in total. The Hall–Kier alpha value is -2.68. The van der Waals surface area contributed by atoms with Crippen LogP contribution in [0.3, 0.4) is 0 Å². The van der Waals surface area contributed by atoms with Crippen molar-refractivity contribution in [3.8, 4) is 23.0 Å². The fraction of sp³-hybridized carbons (Fsp3) is 0.133. The zero-order chi connectivity index (χ0) is 25.6. The van der Waals surface area contributed by atoms with Gasteiger partial charge in [0.25, 0.3) is 0 Å². The zero-order valence-corrected chi connectivity index (χ0v) is 24.8. The normalized spacial score (nSPS) is 14.3. The molecule has 4 aromatic carbocycles. The van der Waals surface area contributed by atoms with E-state index >= 15 is 0 Å². The molecule has 184 valence electrons. The Morgan fingerprint density at radius 1 is 0.541 bits per heavy atom. The molecule has 7 heteroatoms. The first kappa shape index (κ1) is 24.6. The molecule has 0 aromatic heterocycles. The molecule has 0 bridgehead atoms. The van der Waals surface area contributed by atoms with Crippen molar-refractivity contribution in [2.45, 2.75) is 21.7 Å². The molecule has 0 unspecified atom stereocenters. The van der Waals surface area contributed by atoms with Crippen LogP contribution < -0.4 is 9.47 Å². The van der Waals surface area contributed by atoms with Crippen molar-refractivity contribution in [2.75, 3.05) is 0 Å². The molecule has 4 aromatic rings. The quantitative estimate of drug-likeness (QED) is 0.213. The van der Waals surface area contributed by atoms with Crippen LogP contribution in [-0.4, -0.2) is 25.8 Å². The predicted molar refractivity (Wildman–Crippen MR) is 152 cm³/mol. The van der Waals surface area contributed by atoms with Crippen LogP contribution in [-0.2, 0) is 9.59 Å². The van der Waals surface area contributed by atoms with Gasteiger partial charge in [-0.15, -0.1) is 0 Å². The van der Waals surface area contributed by atoms with Crippen molar-refractivity contribution in [3.05, 3.63) is 119 Å². The monoisotopic (exact) mass is 632 g/mol. The number of benzene rings is 4. The molecule has 2 aliphatic rings. The number of fused-ring (bicyclic) bond motifs is 4. The number of para-hydroxylation sites is 4. The van der Waals surface area contributed by atoms with E-state index in [1.807, 2.05) is 72.8 Å². The van der Waals surface area contributed by atoms with E-state index < -0.39 is 15.6 Å². The molecular formula is C30H24O4S2Sn. The summed E-state index contributed by atoms with van der Waals surface area (Å²) in [5.41, 5.74) is 4.17. The van der Waals surface area contributed by atoms with Crippen LogP contribution in [0.1, 0.15) is 44.0 Å². The summed E-state index contributed by atoms with van der Waals surface area (Å²) in [7, 11) is 2.89. The second-order valence-corrected chi connectivity index (χ2v) is 32.4. The summed E-state index contributed by atoms with van der Waals surface area (Å²) in [4.78, 5) is 26.4. The fourth-order valence-corrected chi connectivity index (χ4v) is 40.1. The average Bonchev–Trinajstić information content (AvgIpc) is 2.89. The van der Waals surface area contributed by atoms with Gasteiger partial charge < -0.3 is 0 Å². The first-order valence-corrected chi connectivity index (χ1v) is 24.0. The van der Waals surface area contributed by atoms with Crippen LogP contribution >= 0.6 is 17.9 Å². The number of ether oxygens (including phenoxy) is 2. The van der Waals surface area contributed by atoms with Gasteiger partial charge in [-0.3, -0.25) is 0 Å². The maximum absolute atomic E-state index is 13.2. The predicted octanol–water partition coefficient (Wildman–Crippen LogP) is 7.94. The standard InChI is InChI=1S/2C13H9O.2C2H4OS.Sn/c2*1-3-7-12-10(5-1)9-11-6-2-4-8-13(11)14-12;2*1-2(3)4;/h2*1-9H;2*1H3,(H,3,4);/q;;;;+2/p-2. The van der Waals surface area contributed by atoms with Gasteiger partial charge in [0.1, 0.15) is 0 Å². The van der Waals surface area contributed by atoms with Crippen LogP contribution in [0.4, 0.5) is 0 Å². The molecule has 0 fully saturated rings. The zero-order valence-electron chi connectivity index (χ0n) is 20.3. The van der Waals surface area contributed by atoms with Crippen molar-refractivity contribution < 1.29 is 19.1 Å². The molecule has 0 saturated heterocycles. The molecule has 0 radical (unpaired) electrons. The molecule has 0 saturated carbocycles. The Balaban J connectivity index is 1.72. The summed E-state index contributed by atoms with van der Waals surface area (Å²) in [6, 6.07) is 32.3. The second kappa shape index (κ2) is 9.89. The minimum atomic E-state index is -4.27. The fourth-order valence-electron chi connectivity index (χ4n) is 5.56. The average molecular weight is 631 g/mol. The summed E-state index contributed by atoms with van der Waals surface area (Å²) in [6.45, 7) is 3.26. The third-order valence-corrected chi connectivity index (χ3v) is 36.2. The summed E-state index contributed by atoms with van der Waals surface area (Å²) < 4.78 is 12.5. The Bertz CT molecular complexity index is 1330. The maximum atomic E-state index is 13.2. The summed E-state index contributed by atoms with van der Waals surface area (Å²) >= 11 is -4.27. The van der Waals surface area contributed by atoms with Crippen molar-refractivity contribution in [2.24, 2.45) is 0 Å². The Labute approximate surface area is 225 Å². The molecule has 0 atom stereocenters.